The Morgan fingerprint density at radius 3 is 2.41 bits per heavy atom. The topological polar surface area (TPSA) is 104 Å². The number of benzene rings is 2. The number of para-hydroxylation sites is 1. The van der Waals surface area contributed by atoms with Crippen LogP contribution in [0.15, 0.2) is 71.9 Å². The quantitative estimate of drug-likeness (QED) is 0.181. The molecule has 0 spiro atoms. The van der Waals surface area contributed by atoms with Crippen molar-refractivity contribution in [3.05, 3.63) is 93.3 Å². The number of pyridine rings is 1. The number of aromatic amines is 1. The largest absolute Gasteiger partial charge is 0.361 e. The third-order valence-electron chi connectivity index (χ3n) is 7.73. The van der Waals surface area contributed by atoms with Gasteiger partial charge in [0.15, 0.2) is 0 Å². The minimum absolute atomic E-state index is 0.0600. The van der Waals surface area contributed by atoms with Gasteiger partial charge in [0, 0.05) is 34.7 Å². The van der Waals surface area contributed by atoms with E-state index in [1.54, 1.807) is 19.3 Å². The summed E-state index contributed by atoms with van der Waals surface area (Å²) in [5.74, 6) is -0.300. The van der Waals surface area contributed by atoms with Crippen LogP contribution in [-0.4, -0.2) is 29.8 Å². The zero-order valence-corrected chi connectivity index (χ0v) is 25.5. The molecular formula is C30H31Cl3N4O3S. The number of nitrogens with zero attached hydrogens (tertiary/aromatic N) is 1. The Morgan fingerprint density at radius 2 is 1.73 bits per heavy atom. The highest BCUT2D eigenvalue weighted by molar-refractivity contribution is 7.89. The third-order valence-corrected chi connectivity index (χ3v) is 10.5. The number of hydrogen-bond donors (Lipinski definition) is 3. The van der Waals surface area contributed by atoms with Crippen LogP contribution in [0.1, 0.15) is 56.3 Å². The van der Waals surface area contributed by atoms with Gasteiger partial charge in [-0.25, -0.2) is 8.42 Å². The van der Waals surface area contributed by atoms with Gasteiger partial charge in [-0.1, -0.05) is 78.3 Å². The number of rotatable bonds is 9. The summed E-state index contributed by atoms with van der Waals surface area (Å²) in [6.07, 6.45) is 8.74. The molecule has 11 heteroatoms. The zero-order valence-electron chi connectivity index (χ0n) is 22.5. The van der Waals surface area contributed by atoms with Crippen molar-refractivity contribution in [3.8, 4) is 0 Å². The van der Waals surface area contributed by atoms with Crippen LogP contribution in [0.5, 0.6) is 0 Å². The molecule has 1 fully saturated rings. The second-order valence-corrected chi connectivity index (χ2v) is 13.6. The molecule has 4 aromatic rings. The number of aromatic nitrogens is 2. The van der Waals surface area contributed by atoms with Gasteiger partial charge in [-0.15, -0.1) is 0 Å². The summed E-state index contributed by atoms with van der Waals surface area (Å²) in [5.41, 5.74) is 0.776. The molecule has 0 saturated heterocycles. The van der Waals surface area contributed by atoms with Gasteiger partial charge in [0.1, 0.15) is 10.4 Å². The average Bonchev–Trinajstić information content (AvgIpc) is 3.33. The number of amides is 1. The lowest BCUT2D eigenvalue weighted by Gasteiger charge is -2.35. The van der Waals surface area contributed by atoms with Gasteiger partial charge < -0.3 is 10.3 Å². The molecule has 1 saturated carbocycles. The average molecular weight is 634 g/mol. The van der Waals surface area contributed by atoms with E-state index >= 15 is 0 Å². The molecule has 2 unspecified atom stereocenters. The molecule has 2 aromatic heterocycles. The number of sulfonamides is 1. The normalized spacial score (nSPS) is 16.8. The summed E-state index contributed by atoms with van der Waals surface area (Å²) in [4.78, 5) is 21.8. The van der Waals surface area contributed by atoms with E-state index in [4.69, 9.17) is 34.8 Å². The molecule has 3 N–H and O–H groups in total. The van der Waals surface area contributed by atoms with Gasteiger partial charge >= 0.3 is 0 Å². The van der Waals surface area contributed by atoms with Crippen molar-refractivity contribution in [3.63, 3.8) is 0 Å². The van der Waals surface area contributed by atoms with Crippen molar-refractivity contribution >= 4 is 61.6 Å². The third kappa shape index (κ3) is 6.57. The predicted octanol–water partition coefficient (Wildman–Crippen LogP) is 7.24. The second-order valence-electron chi connectivity index (χ2n) is 10.8. The lowest BCUT2D eigenvalue weighted by Crippen LogP contribution is -2.59. The molecule has 5 rings (SSSR count). The number of carbonyl (C=O) groups excluding carboxylic acids is 1. The highest BCUT2D eigenvalue weighted by Gasteiger charge is 2.42. The SMILES string of the molecule is CC(Cc1c[nH]c2ccccc12)(NS(=O)(=O)c1c(Cl)cc(Cl)cc1Cl)C(=O)NC(c1ccccn1)C1CCCCC1. The Morgan fingerprint density at radius 1 is 1.05 bits per heavy atom. The molecule has 2 atom stereocenters. The monoisotopic (exact) mass is 632 g/mol. The van der Waals surface area contributed by atoms with E-state index in [1.165, 1.54) is 12.1 Å². The van der Waals surface area contributed by atoms with Gasteiger partial charge in [0.25, 0.3) is 0 Å². The second kappa shape index (κ2) is 12.3. The van der Waals surface area contributed by atoms with E-state index in [-0.39, 0.29) is 38.3 Å². The van der Waals surface area contributed by atoms with Crippen LogP contribution < -0.4 is 10.0 Å². The highest BCUT2D eigenvalue weighted by Crippen LogP contribution is 2.36. The summed E-state index contributed by atoms with van der Waals surface area (Å²) in [6.45, 7) is 1.58. The van der Waals surface area contributed by atoms with Crippen LogP contribution in [0.3, 0.4) is 0 Å². The summed E-state index contributed by atoms with van der Waals surface area (Å²) in [7, 11) is -4.38. The molecular weight excluding hydrogens is 603 g/mol. The first kappa shape index (κ1) is 29.9. The van der Waals surface area contributed by atoms with Crippen LogP contribution in [0.25, 0.3) is 10.9 Å². The number of H-pyrrole nitrogens is 1. The van der Waals surface area contributed by atoms with E-state index in [0.717, 1.165) is 54.3 Å². The Kier molecular flexibility index (Phi) is 8.97. The van der Waals surface area contributed by atoms with Crippen molar-refractivity contribution in [1.82, 2.24) is 20.0 Å². The molecule has 41 heavy (non-hydrogen) atoms. The van der Waals surface area contributed by atoms with E-state index in [2.05, 4.69) is 20.0 Å². The highest BCUT2D eigenvalue weighted by atomic mass is 35.5. The Balaban J connectivity index is 1.55. The lowest BCUT2D eigenvalue weighted by molar-refractivity contribution is -0.127. The van der Waals surface area contributed by atoms with Crippen LogP contribution >= 0.6 is 34.8 Å². The molecule has 7 nitrogen and oxygen atoms in total. The summed E-state index contributed by atoms with van der Waals surface area (Å²) in [5, 5.41) is 4.00. The fourth-order valence-corrected chi connectivity index (χ4v) is 8.63. The Hall–Kier alpha value is -2.62. The van der Waals surface area contributed by atoms with Crippen molar-refractivity contribution < 1.29 is 13.2 Å². The number of halogens is 3. The molecule has 1 amide bonds. The van der Waals surface area contributed by atoms with E-state index in [0.29, 0.717) is 0 Å². The summed E-state index contributed by atoms with van der Waals surface area (Å²) < 4.78 is 30.3. The standard InChI is InChI=1S/C30H31Cl3N4O3S/c1-30(17-20-18-35-25-12-6-5-11-22(20)25,37-41(39,40)28-23(32)15-21(31)16-24(28)33)29(38)36-27(19-9-3-2-4-10-19)26-13-7-8-14-34-26/h5-8,11-16,18-19,27,35,37H,2-4,9-10,17H2,1H3,(H,36,38). The smallest absolute Gasteiger partial charge is 0.244 e. The maximum absolute atomic E-state index is 14.3. The van der Waals surface area contributed by atoms with Crippen molar-refractivity contribution in [1.29, 1.82) is 0 Å². The van der Waals surface area contributed by atoms with Crippen LogP contribution in [0, 0.1) is 5.92 Å². The lowest BCUT2D eigenvalue weighted by atomic mass is 9.82. The maximum Gasteiger partial charge on any atom is 0.244 e. The van der Waals surface area contributed by atoms with Crippen LogP contribution in [-0.2, 0) is 21.2 Å². The molecule has 2 heterocycles. The Bertz CT molecular complexity index is 1630. The van der Waals surface area contributed by atoms with E-state index in [1.807, 2.05) is 42.5 Å². The molecule has 1 aliphatic carbocycles. The fraction of sp³-hybridized carbons (Fsp3) is 0.333. The molecule has 1 aliphatic rings. The summed E-state index contributed by atoms with van der Waals surface area (Å²) >= 11 is 18.7. The van der Waals surface area contributed by atoms with Gasteiger partial charge in [-0.05, 0) is 61.6 Å². The van der Waals surface area contributed by atoms with Crippen LogP contribution in [0.4, 0.5) is 0 Å². The molecule has 0 radical (unpaired) electrons. The molecule has 0 aliphatic heterocycles. The molecule has 0 bridgehead atoms. The predicted molar refractivity (Wildman–Crippen MR) is 164 cm³/mol. The van der Waals surface area contributed by atoms with Crippen molar-refractivity contribution in [2.45, 2.75) is 61.9 Å². The fourth-order valence-electron chi connectivity index (χ4n) is 5.72. The Labute approximate surface area is 255 Å². The first-order chi connectivity index (χ1) is 19.6. The minimum Gasteiger partial charge on any atom is -0.361 e. The number of fused-ring (bicyclic) bond motifs is 1. The van der Waals surface area contributed by atoms with Crippen molar-refractivity contribution in [2.24, 2.45) is 5.92 Å². The van der Waals surface area contributed by atoms with E-state index in [9.17, 15) is 13.2 Å². The first-order valence-corrected chi connectivity index (χ1v) is 16.1. The van der Waals surface area contributed by atoms with Gasteiger partial charge in [0.2, 0.25) is 15.9 Å². The van der Waals surface area contributed by atoms with Gasteiger partial charge in [-0.2, -0.15) is 4.72 Å². The number of nitrogens with one attached hydrogen (secondary N) is 3. The number of hydrogen-bond acceptors (Lipinski definition) is 4. The minimum atomic E-state index is -4.38. The summed E-state index contributed by atoms with van der Waals surface area (Å²) in [6, 6.07) is 15.5. The van der Waals surface area contributed by atoms with Gasteiger partial charge in [-0.3, -0.25) is 9.78 Å². The molecule has 216 valence electrons. The van der Waals surface area contributed by atoms with Crippen molar-refractivity contribution in [2.75, 3.05) is 0 Å². The first-order valence-electron chi connectivity index (χ1n) is 13.5. The molecule has 2 aromatic carbocycles. The zero-order chi connectivity index (χ0) is 29.2. The van der Waals surface area contributed by atoms with Gasteiger partial charge in [0.05, 0.1) is 21.8 Å². The number of carbonyl (C=O) groups is 1. The van der Waals surface area contributed by atoms with E-state index < -0.39 is 21.5 Å². The van der Waals surface area contributed by atoms with Crippen LogP contribution in [0.2, 0.25) is 15.1 Å². The maximum atomic E-state index is 14.3.